The van der Waals surface area contributed by atoms with E-state index in [1.807, 2.05) is 6.08 Å². The minimum atomic E-state index is 0.442. The Bertz CT molecular complexity index is 160. The summed E-state index contributed by atoms with van der Waals surface area (Å²) in [4.78, 5) is 11.0. The molecule has 1 saturated carbocycles. The van der Waals surface area contributed by atoms with E-state index in [2.05, 4.69) is 13.5 Å². The molecular formula is C10H16O. The first-order valence-electron chi connectivity index (χ1n) is 4.36. The molecule has 1 aliphatic rings. The summed E-state index contributed by atoms with van der Waals surface area (Å²) in [6.07, 6.45) is 5.71. The van der Waals surface area contributed by atoms with Crippen LogP contribution in [0.5, 0.6) is 0 Å². The summed E-state index contributed by atoms with van der Waals surface area (Å²) in [6.45, 7) is 5.90. The zero-order valence-electron chi connectivity index (χ0n) is 7.18. The number of hydrogen-bond acceptors (Lipinski definition) is 1. The molecule has 0 bridgehead atoms. The van der Waals surface area contributed by atoms with E-state index in [1.165, 1.54) is 0 Å². The minimum absolute atomic E-state index is 0.442. The van der Waals surface area contributed by atoms with E-state index in [-0.39, 0.29) is 0 Å². The largest absolute Gasteiger partial charge is 0.300 e. The highest BCUT2D eigenvalue weighted by atomic mass is 16.1. The van der Waals surface area contributed by atoms with E-state index in [9.17, 15) is 4.79 Å². The van der Waals surface area contributed by atoms with Gasteiger partial charge in [-0.25, -0.2) is 0 Å². The third-order valence-corrected chi connectivity index (χ3v) is 2.62. The first-order valence-corrected chi connectivity index (χ1v) is 4.36. The fourth-order valence-corrected chi connectivity index (χ4v) is 1.82. The Morgan fingerprint density at radius 2 is 2.45 bits per heavy atom. The van der Waals surface area contributed by atoms with Crippen LogP contribution in [0.25, 0.3) is 0 Å². The van der Waals surface area contributed by atoms with Gasteiger partial charge in [0.25, 0.3) is 0 Å². The lowest BCUT2D eigenvalue weighted by molar-refractivity contribution is -0.122. The normalized spacial score (nSPS) is 31.9. The Balaban J connectivity index is 2.43. The van der Waals surface area contributed by atoms with Crippen LogP contribution < -0.4 is 0 Å². The van der Waals surface area contributed by atoms with Gasteiger partial charge in [-0.2, -0.15) is 0 Å². The van der Waals surface area contributed by atoms with E-state index in [0.717, 1.165) is 25.7 Å². The molecular weight excluding hydrogens is 136 g/mol. The van der Waals surface area contributed by atoms with Gasteiger partial charge in [0.1, 0.15) is 5.78 Å². The standard InChI is InChI=1S/C10H16O/c1-3-4-9-5-6-10(11)7-8(9)2/h3,8-9H,1,4-7H2,2H3/t8-,9-/m0/s1. The molecule has 1 rings (SSSR count). The van der Waals surface area contributed by atoms with Crippen molar-refractivity contribution in [2.24, 2.45) is 11.8 Å². The predicted octanol–water partition coefficient (Wildman–Crippen LogP) is 2.57. The maximum absolute atomic E-state index is 11.0. The Morgan fingerprint density at radius 1 is 1.73 bits per heavy atom. The number of carbonyl (C=O) groups excluding carboxylic acids is 1. The second-order valence-corrected chi connectivity index (χ2v) is 3.54. The van der Waals surface area contributed by atoms with Crippen molar-refractivity contribution < 1.29 is 4.79 Å². The second kappa shape index (κ2) is 3.70. The predicted molar refractivity (Wildman–Crippen MR) is 46.3 cm³/mol. The molecule has 0 amide bonds. The van der Waals surface area contributed by atoms with Gasteiger partial charge >= 0.3 is 0 Å². The summed E-state index contributed by atoms with van der Waals surface area (Å²) in [5.74, 6) is 1.73. The summed E-state index contributed by atoms with van der Waals surface area (Å²) in [6, 6.07) is 0. The lowest BCUT2D eigenvalue weighted by atomic mass is 9.78. The number of rotatable bonds is 2. The first-order chi connectivity index (χ1) is 5.24. The number of Topliss-reactive ketones (excluding diaryl/α,β-unsaturated/α-hetero) is 1. The van der Waals surface area contributed by atoms with Crippen molar-refractivity contribution in [3.63, 3.8) is 0 Å². The highest BCUT2D eigenvalue weighted by molar-refractivity contribution is 5.79. The maximum Gasteiger partial charge on any atom is 0.133 e. The molecule has 0 heterocycles. The molecule has 0 spiro atoms. The van der Waals surface area contributed by atoms with E-state index in [4.69, 9.17) is 0 Å². The minimum Gasteiger partial charge on any atom is -0.300 e. The van der Waals surface area contributed by atoms with E-state index in [0.29, 0.717) is 17.6 Å². The van der Waals surface area contributed by atoms with Crippen molar-refractivity contribution in [1.29, 1.82) is 0 Å². The van der Waals surface area contributed by atoms with Crippen LogP contribution >= 0.6 is 0 Å². The highest BCUT2D eigenvalue weighted by Gasteiger charge is 2.24. The molecule has 1 aliphatic carbocycles. The van der Waals surface area contributed by atoms with Crippen molar-refractivity contribution in [2.75, 3.05) is 0 Å². The molecule has 0 aliphatic heterocycles. The highest BCUT2D eigenvalue weighted by Crippen LogP contribution is 2.29. The first kappa shape index (κ1) is 8.51. The van der Waals surface area contributed by atoms with Gasteiger partial charge in [-0.05, 0) is 24.7 Å². The summed E-state index contributed by atoms with van der Waals surface area (Å²) in [5.41, 5.74) is 0. The average Bonchev–Trinajstić information content (AvgIpc) is 1.95. The molecule has 0 saturated heterocycles. The molecule has 11 heavy (non-hydrogen) atoms. The van der Waals surface area contributed by atoms with Gasteiger partial charge in [-0.3, -0.25) is 4.79 Å². The monoisotopic (exact) mass is 152 g/mol. The average molecular weight is 152 g/mol. The SMILES string of the molecule is C=CC[C@H]1CCC(=O)C[C@@H]1C. The second-order valence-electron chi connectivity index (χ2n) is 3.54. The Kier molecular flexibility index (Phi) is 2.86. The molecule has 62 valence electrons. The van der Waals surface area contributed by atoms with Crippen molar-refractivity contribution in [3.05, 3.63) is 12.7 Å². The maximum atomic E-state index is 11.0. The molecule has 0 unspecified atom stereocenters. The molecule has 0 aromatic rings. The van der Waals surface area contributed by atoms with E-state index < -0.39 is 0 Å². The van der Waals surface area contributed by atoms with Gasteiger partial charge in [-0.15, -0.1) is 6.58 Å². The number of carbonyl (C=O) groups is 1. The van der Waals surface area contributed by atoms with Crippen molar-refractivity contribution >= 4 is 5.78 Å². The molecule has 2 atom stereocenters. The van der Waals surface area contributed by atoms with E-state index >= 15 is 0 Å². The van der Waals surface area contributed by atoms with Crippen LogP contribution in [0.3, 0.4) is 0 Å². The van der Waals surface area contributed by atoms with Crippen LogP contribution in [0.4, 0.5) is 0 Å². The van der Waals surface area contributed by atoms with Crippen LogP contribution in [-0.4, -0.2) is 5.78 Å². The molecule has 0 aromatic heterocycles. The van der Waals surface area contributed by atoms with Crippen LogP contribution in [-0.2, 0) is 4.79 Å². The summed E-state index contributed by atoms with van der Waals surface area (Å²) in [5, 5.41) is 0. The van der Waals surface area contributed by atoms with Crippen molar-refractivity contribution in [3.8, 4) is 0 Å². The fraction of sp³-hybridized carbons (Fsp3) is 0.700. The van der Waals surface area contributed by atoms with Crippen LogP contribution in [0.15, 0.2) is 12.7 Å². The van der Waals surface area contributed by atoms with Gasteiger partial charge < -0.3 is 0 Å². The van der Waals surface area contributed by atoms with Crippen LogP contribution in [0.1, 0.15) is 32.6 Å². The van der Waals surface area contributed by atoms with Gasteiger partial charge in [-0.1, -0.05) is 13.0 Å². The molecule has 1 heteroatoms. The van der Waals surface area contributed by atoms with Crippen molar-refractivity contribution in [2.45, 2.75) is 32.6 Å². The topological polar surface area (TPSA) is 17.1 Å². The lowest BCUT2D eigenvalue weighted by Gasteiger charge is -2.26. The Labute approximate surface area is 68.5 Å². The van der Waals surface area contributed by atoms with Gasteiger partial charge in [0.15, 0.2) is 0 Å². The zero-order chi connectivity index (χ0) is 8.27. The number of allylic oxidation sites excluding steroid dienone is 1. The van der Waals surface area contributed by atoms with Crippen LogP contribution in [0.2, 0.25) is 0 Å². The Hall–Kier alpha value is -0.590. The third-order valence-electron chi connectivity index (χ3n) is 2.62. The van der Waals surface area contributed by atoms with Gasteiger partial charge in [0, 0.05) is 12.8 Å². The van der Waals surface area contributed by atoms with Gasteiger partial charge in [0.2, 0.25) is 0 Å². The number of ketones is 1. The zero-order valence-corrected chi connectivity index (χ0v) is 7.18. The molecule has 1 fully saturated rings. The Morgan fingerprint density at radius 3 is 3.00 bits per heavy atom. The quantitative estimate of drug-likeness (QED) is 0.556. The molecule has 0 N–H and O–H groups in total. The third kappa shape index (κ3) is 2.18. The molecule has 1 nitrogen and oxygen atoms in total. The van der Waals surface area contributed by atoms with Gasteiger partial charge in [0.05, 0.1) is 0 Å². The van der Waals surface area contributed by atoms with Crippen LogP contribution in [0, 0.1) is 11.8 Å². The molecule has 0 aromatic carbocycles. The summed E-state index contributed by atoms with van der Waals surface area (Å²) in [7, 11) is 0. The van der Waals surface area contributed by atoms with E-state index in [1.54, 1.807) is 0 Å². The number of hydrogen-bond donors (Lipinski definition) is 0. The fourth-order valence-electron chi connectivity index (χ4n) is 1.82. The smallest absolute Gasteiger partial charge is 0.133 e. The molecule has 0 radical (unpaired) electrons. The lowest BCUT2D eigenvalue weighted by Crippen LogP contribution is -2.22. The van der Waals surface area contributed by atoms with Crippen molar-refractivity contribution in [1.82, 2.24) is 0 Å². The summed E-state index contributed by atoms with van der Waals surface area (Å²) >= 11 is 0. The summed E-state index contributed by atoms with van der Waals surface area (Å²) < 4.78 is 0.